The Morgan fingerprint density at radius 3 is 2.55 bits per heavy atom. The zero-order valence-electron chi connectivity index (χ0n) is 16.8. The van der Waals surface area contributed by atoms with E-state index < -0.39 is 0 Å². The predicted molar refractivity (Wildman–Crippen MR) is 121 cm³/mol. The van der Waals surface area contributed by atoms with Crippen LogP contribution in [0.5, 0.6) is 0 Å². The van der Waals surface area contributed by atoms with Crippen molar-refractivity contribution in [2.75, 3.05) is 6.54 Å². The molecule has 7 heteroatoms. The predicted octanol–water partition coefficient (Wildman–Crippen LogP) is 3.32. The molecule has 4 aromatic rings. The van der Waals surface area contributed by atoms with Crippen LogP contribution in [0.25, 0.3) is 10.8 Å². The molecule has 1 aliphatic heterocycles. The van der Waals surface area contributed by atoms with Crippen LogP contribution in [0.2, 0.25) is 0 Å². The molecule has 0 spiro atoms. The summed E-state index contributed by atoms with van der Waals surface area (Å²) in [7, 11) is 0. The minimum absolute atomic E-state index is 0.0355. The number of rotatable bonds is 4. The molecule has 1 amide bonds. The van der Waals surface area contributed by atoms with Gasteiger partial charge in [-0.05, 0) is 41.1 Å². The number of H-pyrrole nitrogens is 1. The Morgan fingerprint density at radius 1 is 1.00 bits per heavy atom. The third-order valence-corrected chi connectivity index (χ3v) is 6.83. The Morgan fingerprint density at radius 2 is 1.74 bits per heavy atom. The highest BCUT2D eigenvalue weighted by Crippen LogP contribution is 2.37. The summed E-state index contributed by atoms with van der Waals surface area (Å²) in [5.41, 5.74) is 1.63. The number of nitrogens with one attached hydrogen (secondary N) is 1. The maximum Gasteiger partial charge on any atom is 0.273 e. The summed E-state index contributed by atoms with van der Waals surface area (Å²) in [5, 5.41) is 5.41. The van der Waals surface area contributed by atoms with Crippen molar-refractivity contribution in [3.8, 4) is 0 Å². The lowest BCUT2D eigenvalue weighted by atomic mass is 9.93. The van der Waals surface area contributed by atoms with Crippen LogP contribution in [0.15, 0.2) is 75.6 Å². The van der Waals surface area contributed by atoms with Crippen LogP contribution in [0.3, 0.4) is 0 Å². The maximum atomic E-state index is 13.3. The normalized spacial score (nSPS) is 15.7. The second-order valence-electron chi connectivity index (χ2n) is 7.64. The summed E-state index contributed by atoms with van der Waals surface area (Å²) in [6.07, 6.45) is 0.964. The van der Waals surface area contributed by atoms with Crippen molar-refractivity contribution < 1.29 is 4.79 Å². The average molecular weight is 432 g/mol. The van der Waals surface area contributed by atoms with E-state index in [1.54, 1.807) is 35.6 Å². The van der Waals surface area contributed by atoms with Gasteiger partial charge in [-0.2, -0.15) is 0 Å². The third kappa shape index (κ3) is 3.51. The molecule has 0 saturated carbocycles. The topological polar surface area (TPSA) is 75.2 Å². The number of aromatic nitrogens is 2. The fourth-order valence-corrected chi connectivity index (χ4v) is 5.24. The monoisotopic (exact) mass is 431 g/mol. The molecule has 156 valence electrons. The molecule has 0 radical (unpaired) electrons. The second-order valence-corrected chi connectivity index (χ2v) is 8.64. The molecule has 0 aliphatic carbocycles. The highest BCUT2D eigenvalue weighted by Gasteiger charge is 2.32. The summed E-state index contributed by atoms with van der Waals surface area (Å²) in [5.74, 6) is -0.0355. The molecular formula is C24H21N3O3S. The van der Waals surface area contributed by atoms with E-state index in [1.165, 1.54) is 15.1 Å². The molecule has 1 atom stereocenters. The Labute approximate surface area is 182 Å². The standard InChI is InChI=1S/C24H21N3O3S/c28-21(11-14-27-24(30)18-9-5-4-8-17(18)23(29)25-27)26-13-10-20-19(12-15-31-20)22(26)16-6-2-1-3-7-16/h1-9,12,15,22H,10-11,13-14H2,(H,25,29)/t22-/m0/s1. The van der Waals surface area contributed by atoms with Crippen LogP contribution in [-0.4, -0.2) is 27.1 Å². The van der Waals surface area contributed by atoms with E-state index in [0.717, 1.165) is 12.0 Å². The zero-order chi connectivity index (χ0) is 21.4. The van der Waals surface area contributed by atoms with Gasteiger partial charge in [0, 0.05) is 17.8 Å². The lowest BCUT2D eigenvalue weighted by Crippen LogP contribution is -2.41. The van der Waals surface area contributed by atoms with Crippen molar-refractivity contribution in [1.29, 1.82) is 0 Å². The lowest BCUT2D eigenvalue weighted by molar-refractivity contribution is -0.133. The number of amides is 1. The smallest absolute Gasteiger partial charge is 0.273 e. The first-order chi connectivity index (χ1) is 15.1. The number of nitrogens with zero attached hydrogens (tertiary/aromatic N) is 2. The number of carbonyl (C=O) groups is 1. The molecule has 1 N–H and O–H groups in total. The first kappa shape index (κ1) is 19.5. The SMILES string of the molecule is O=C(CCn1[nH]c(=O)c2ccccc2c1=O)N1CCc2sccc2[C@@H]1c1ccccc1. The van der Waals surface area contributed by atoms with E-state index in [9.17, 15) is 14.4 Å². The van der Waals surface area contributed by atoms with Crippen LogP contribution in [0.1, 0.15) is 28.5 Å². The lowest BCUT2D eigenvalue weighted by Gasteiger charge is -2.36. The van der Waals surface area contributed by atoms with Crippen LogP contribution < -0.4 is 11.1 Å². The van der Waals surface area contributed by atoms with Crippen molar-refractivity contribution in [2.24, 2.45) is 0 Å². The minimum Gasteiger partial charge on any atom is -0.331 e. The number of hydrogen-bond donors (Lipinski definition) is 1. The van der Waals surface area contributed by atoms with Gasteiger partial charge in [-0.15, -0.1) is 11.3 Å². The fourth-order valence-electron chi connectivity index (χ4n) is 4.33. The van der Waals surface area contributed by atoms with Gasteiger partial charge < -0.3 is 4.90 Å². The largest absolute Gasteiger partial charge is 0.331 e. The molecule has 0 saturated heterocycles. The van der Waals surface area contributed by atoms with E-state index in [4.69, 9.17) is 0 Å². The highest BCUT2D eigenvalue weighted by atomic mass is 32.1. The molecular weight excluding hydrogens is 410 g/mol. The number of benzene rings is 2. The summed E-state index contributed by atoms with van der Waals surface area (Å²) in [6.45, 7) is 0.765. The molecule has 6 nitrogen and oxygen atoms in total. The molecule has 5 rings (SSSR count). The molecule has 1 aliphatic rings. The number of hydrogen-bond acceptors (Lipinski definition) is 4. The maximum absolute atomic E-state index is 13.3. The first-order valence-electron chi connectivity index (χ1n) is 10.3. The van der Waals surface area contributed by atoms with E-state index in [0.29, 0.717) is 17.3 Å². The van der Waals surface area contributed by atoms with Gasteiger partial charge in [-0.1, -0.05) is 42.5 Å². The number of aromatic amines is 1. The molecule has 0 fully saturated rings. The van der Waals surface area contributed by atoms with Gasteiger partial charge in [0.05, 0.1) is 23.4 Å². The van der Waals surface area contributed by atoms with Gasteiger partial charge in [0.2, 0.25) is 5.91 Å². The summed E-state index contributed by atoms with van der Waals surface area (Å²) in [6, 6.07) is 18.7. The quantitative estimate of drug-likeness (QED) is 0.539. The number of aryl methyl sites for hydroxylation is 1. The van der Waals surface area contributed by atoms with Crippen molar-refractivity contribution in [1.82, 2.24) is 14.7 Å². The van der Waals surface area contributed by atoms with Crippen LogP contribution in [0, 0.1) is 0 Å². The fraction of sp³-hybridized carbons (Fsp3) is 0.208. The number of thiophene rings is 1. The van der Waals surface area contributed by atoms with Gasteiger partial charge in [0.25, 0.3) is 11.1 Å². The molecule has 2 aromatic carbocycles. The summed E-state index contributed by atoms with van der Waals surface area (Å²) in [4.78, 5) is 41.6. The molecule has 0 bridgehead atoms. The molecule has 3 heterocycles. The number of carbonyl (C=O) groups excluding carboxylic acids is 1. The summed E-state index contributed by atoms with van der Waals surface area (Å²) < 4.78 is 1.25. The van der Waals surface area contributed by atoms with E-state index in [1.807, 2.05) is 35.2 Å². The van der Waals surface area contributed by atoms with Gasteiger partial charge in [-0.3, -0.25) is 19.5 Å². The van der Waals surface area contributed by atoms with Crippen LogP contribution >= 0.6 is 11.3 Å². The molecule has 0 unspecified atom stereocenters. The van der Waals surface area contributed by atoms with Crippen LogP contribution in [0.4, 0.5) is 0 Å². The van der Waals surface area contributed by atoms with Crippen molar-refractivity contribution in [3.05, 3.63) is 103 Å². The van der Waals surface area contributed by atoms with Gasteiger partial charge in [-0.25, -0.2) is 4.68 Å². The Hall–Kier alpha value is -3.45. The molecule has 31 heavy (non-hydrogen) atoms. The first-order valence-corrected chi connectivity index (χ1v) is 11.1. The Kier molecular flexibility index (Phi) is 5.03. The zero-order valence-corrected chi connectivity index (χ0v) is 17.6. The van der Waals surface area contributed by atoms with Gasteiger partial charge >= 0.3 is 0 Å². The van der Waals surface area contributed by atoms with Crippen molar-refractivity contribution >= 4 is 28.0 Å². The minimum atomic E-state index is -0.328. The van der Waals surface area contributed by atoms with E-state index in [2.05, 4.69) is 16.5 Å². The highest BCUT2D eigenvalue weighted by molar-refractivity contribution is 7.10. The van der Waals surface area contributed by atoms with Crippen molar-refractivity contribution in [2.45, 2.75) is 25.4 Å². The van der Waals surface area contributed by atoms with Gasteiger partial charge in [0.15, 0.2) is 0 Å². The number of fused-ring (bicyclic) bond motifs is 2. The van der Waals surface area contributed by atoms with Gasteiger partial charge in [0.1, 0.15) is 0 Å². The Bertz CT molecular complexity index is 1370. The Balaban J connectivity index is 1.43. The second kappa shape index (κ2) is 8.00. The van der Waals surface area contributed by atoms with E-state index >= 15 is 0 Å². The van der Waals surface area contributed by atoms with Crippen molar-refractivity contribution in [3.63, 3.8) is 0 Å². The summed E-state index contributed by atoms with van der Waals surface area (Å²) >= 11 is 1.73. The van der Waals surface area contributed by atoms with Crippen LogP contribution in [-0.2, 0) is 17.8 Å². The average Bonchev–Trinajstić information content (AvgIpc) is 3.29. The third-order valence-electron chi connectivity index (χ3n) is 5.83. The molecule has 2 aromatic heterocycles. The van der Waals surface area contributed by atoms with E-state index in [-0.39, 0.29) is 36.0 Å².